The molecule has 1 aromatic carbocycles. The van der Waals surface area contributed by atoms with Gasteiger partial charge in [0.25, 0.3) is 5.69 Å². The molecule has 6 nitrogen and oxygen atoms in total. The maximum absolute atomic E-state index is 13.3. The highest BCUT2D eigenvalue weighted by Crippen LogP contribution is 2.38. The highest BCUT2D eigenvalue weighted by atomic mass is 19.1. The number of hydrogen-bond acceptors (Lipinski definition) is 4. The maximum Gasteiger partial charge on any atom is 0.274 e. The van der Waals surface area contributed by atoms with Crippen LogP contribution in [0.5, 0.6) is 0 Å². The van der Waals surface area contributed by atoms with Crippen molar-refractivity contribution in [3.05, 3.63) is 34.1 Å². The lowest BCUT2D eigenvalue weighted by Gasteiger charge is -2.25. The zero-order valence-electron chi connectivity index (χ0n) is 10.9. The second kappa shape index (κ2) is 5.54. The van der Waals surface area contributed by atoms with E-state index in [-0.39, 0.29) is 18.1 Å². The smallest absolute Gasteiger partial charge is 0.274 e. The van der Waals surface area contributed by atoms with Crippen LogP contribution in [-0.4, -0.2) is 17.4 Å². The summed E-state index contributed by atoms with van der Waals surface area (Å²) in [7, 11) is 0. The zero-order chi connectivity index (χ0) is 14.8. The Morgan fingerprint density at radius 3 is 2.60 bits per heavy atom. The normalized spacial score (nSPS) is 16.9. The van der Waals surface area contributed by atoms with E-state index in [9.17, 15) is 19.3 Å². The van der Waals surface area contributed by atoms with Crippen molar-refractivity contribution in [1.82, 2.24) is 0 Å². The van der Waals surface area contributed by atoms with E-state index in [0.29, 0.717) is 12.8 Å². The molecule has 0 aromatic heterocycles. The first-order chi connectivity index (χ1) is 9.47. The number of benzene rings is 1. The fraction of sp³-hybridized carbons (Fsp3) is 0.462. The van der Waals surface area contributed by atoms with E-state index in [1.807, 2.05) is 0 Å². The molecular weight excluding hydrogens is 265 g/mol. The minimum atomic E-state index is -0.761. The number of halogens is 1. The largest absolute Gasteiger partial charge is 0.329 e. The summed E-state index contributed by atoms with van der Waals surface area (Å²) >= 11 is 0. The summed E-state index contributed by atoms with van der Waals surface area (Å²) in [4.78, 5) is 22.2. The average Bonchev–Trinajstić information content (AvgIpc) is 2.88. The number of anilines is 1. The van der Waals surface area contributed by atoms with Gasteiger partial charge < -0.3 is 11.1 Å². The predicted molar refractivity (Wildman–Crippen MR) is 71.6 cm³/mol. The number of nitrogens with one attached hydrogen (secondary N) is 1. The van der Waals surface area contributed by atoms with E-state index in [4.69, 9.17) is 5.73 Å². The highest BCUT2D eigenvalue weighted by Gasteiger charge is 2.39. The average molecular weight is 281 g/mol. The van der Waals surface area contributed by atoms with Crippen LogP contribution in [0.25, 0.3) is 0 Å². The fourth-order valence-electron chi connectivity index (χ4n) is 2.59. The molecule has 108 valence electrons. The lowest BCUT2D eigenvalue weighted by atomic mass is 9.85. The number of non-ortho nitro benzene ring substituents is 1. The molecule has 0 saturated heterocycles. The van der Waals surface area contributed by atoms with Crippen LogP contribution in [0.4, 0.5) is 15.8 Å². The molecule has 7 heteroatoms. The molecule has 1 saturated carbocycles. The monoisotopic (exact) mass is 281 g/mol. The molecule has 20 heavy (non-hydrogen) atoms. The molecule has 0 radical (unpaired) electrons. The molecule has 0 bridgehead atoms. The van der Waals surface area contributed by atoms with Crippen LogP contribution >= 0.6 is 0 Å². The topological polar surface area (TPSA) is 98.3 Å². The van der Waals surface area contributed by atoms with Crippen molar-refractivity contribution in [2.75, 3.05) is 11.9 Å². The first-order valence-corrected chi connectivity index (χ1v) is 6.43. The number of hydrogen-bond donors (Lipinski definition) is 2. The van der Waals surface area contributed by atoms with Gasteiger partial charge in [-0.2, -0.15) is 0 Å². The molecule has 1 aliphatic rings. The Morgan fingerprint density at radius 2 is 2.05 bits per heavy atom. The van der Waals surface area contributed by atoms with Crippen LogP contribution in [0.15, 0.2) is 18.2 Å². The second-order valence-corrected chi connectivity index (χ2v) is 5.10. The molecule has 0 unspecified atom stereocenters. The van der Waals surface area contributed by atoms with Crippen LogP contribution in [0, 0.1) is 21.3 Å². The van der Waals surface area contributed by atoms with Gasteiger partial charge in [0, 0.05) is 12.6 Å². The quantitative estimate of drug-likeness (QED) is 0.652. The van der Waals surface area contributed by atoms with Gasteiger partial charge >= 0.3 is 0 Å². The van der Waals surface area contributed by atoms with Gasteiger partial charge in [-0.1, -0.05) is 12.8 Å². The first kappa shape index (κ1) is 14.4. The minimum Gasteiger partial charge on any atom is -0.329 e. The summed E-state index contributed by atoms with van der Waals surface area (Å²) in [5.41, 5.74) is 4.74. The molecule has 0 spiro atoms. The van der Waals surface area contributed by atoms with E-state index in [0.717, 1.165) is 31.0 Å². The van der Waals surface area contributed by atoms with Crippen LogP contribution in [0.2, 0.25) is 0 Å². The van der Waals surface area contributed by atoms with Gasteiger partial charge in [0.05, 0.1) is 22.1 Å². The number of amides is 1. The Balaban J connectivity index is 2.21. The summed E-state index contributed by atoms with van der Waals surface area (Å²) in [6, 6.07) is 3.01. The number of carbonyl (C=O) groups excluding carboxylic acids is 1. The summed E-state index contributed by atoms with van der Waals surface area (Å²) in [6.45, 7) is 0.218. The van der Waals surface area contributed by atoms with Gasteiger partial charge in [0.2, 0.25) is 5.91 Å². The van der Waals surface area contributed by atoms with Gasteiger partial charge in [-0.25, -0.2) is 4.39 Å². The molecule has 3 N–H and O–H groups in total. The molecule has 1 fully saturated rings. The number of nitro groups is 1. The van der Waals surface area contributed by atoms with E-state index in [2.05, 4.69) is 5.32 Å². The van der Waals surface area contributed by atoms with Crippen molar-refractivity contribution in [1.29, 1.82) is 0 Å². The number of carbonyl (C=O) groups is 1. The number of nitrogens with two attached hydrogens (primary N) is 1. The lowest BCUT2D eigenvalue weighted by molar-refractivity contribution is -0.385. The van der Waals surface area contributed by atoms with E-state index in [1.165, 1.54) is 0 Å². The van der Waals surface area contributed by atoms with Crippen molar-refractivity contribution in [2.45, 2.75) is 25.7 Å². The second-order valence-electron chi connectivity index (χ2n) is 5.10. The molecule has 0 heterocycles. The highest BCUT2D eigenvalue weighted by molar-refractivity contribution is 5.96. The van der Waals surface area contributed by atoms with Gasteiger partial charge in [-0.3, -0.25) is 14.9 Å². The summed E-state index contributed by atoms with van der Waals surface area (Å²) in [6.07, 6.45) is 3.22. The molecule has 1 amide bonds. The standard InChI is InChI=1S/C13H16FN3O3/c14-9-5-10(7-11(6-9)17(19)20)16-12(18)13(8-15)3-1-2-4-13/h5-7H,1-4,8,15H2,(H,16,18). The molecule has 2 rings (SSSR count). The summed E-state index contributed by atoms with van der Waals surface area (Å²) in [5.74, 6) is -1.06. The van der Waals surface area contributed by atoms with Gasteiger partial charge in [0.15, 0.2) is 0 Å². The Bertz CT molecular complexity index is 542. The van der Waals surface area contributed by atoms with Crippen LogP contribution < -0.4 is 11.1 Å². The van der Waals surface area contributed by atoms with Crippen LogP contribution in [-0.2, 0) is 4.79 Å². The number of nitrogens with zero attached hydrogens (tertiary/aromatic N) is 1. The Morgan fingerprint density at radius 1 is 1.40 bits per heavy atom. The van der Waals surface area contributed by atoms with Crippen LogP contribution in [0.3, 0.4) is 0 Å². The van der Waals surface area contributed by atoms with Crippen molar-refractivity contribution in [2.24, 2.45) is 11.1 Å². The zero-order valence-corrected chi connectivity index (χ0v) is 10.9. The van der Waals surface area contributed by atoms with Crippen molar-refractivity contribution in [3.8, 4) is 0 Å². The minimum absolute atomic E-state index is 0.0847. The van der Waals surface area contributed by atoms with Crippen molar-refractivity contribution < 1.29 is 14.1 Å². The SMILES string of the molecule is NCC1(C(=O)Nc2cc(F)cc([N+](=O)[O-])c2)CCCC1. The number of nitro benzene ring substituents is 1. The third kappa shape index (κ3) is 2.77. The molecular formula is C13H16FN3O3. The first-order valence-electron chi connectivity index (χ1n) is 6.43. The summed E-state index contributed by atoms with van der Waals surface area (Å²) in [5, 5.41) is 13.2. The maximum atomic E-state index is 13.3. The molecule has 0 aliphatic heterocycles. The van der Waals surface area contributed by atoms with E-state index in [1.54, 1.807) is 0 Å². The van der Waals surface area contributed by atoms with Crippen molar-refractivity contribution in [3.63, 3.8) is 0 Å². The van der Waals surface area contributed by atoms with Crippen molar-refractivity contribution >= 4 is 17.3 Å². The number of rotatable bonds is 4. The Kier molecular flexibility index (Phi) is 3.99. The molecule has 1 aliphatic carbocycles. The van der Waals surface area contributed by atoms with Crippen LogP contribution in [0.1, 0.15) is 25.7 Å². The molecule has 1 aromatic rings. The Hall–Kier alpha value is -2.02. The fourth-order valence-corrected chi connectivity index (χ4v) is 2.59. The lowest BCUT2D eigenvalue weighted by Crippen LogP contribution is -2.40. The van der Waals surface area contributed by atoms with Gasteiger partial charge in [-0.15, -0.1) is 0 Å². The summed E-state index contributed by atoms with van der Waals surface area (Å²) < 4.78 is 13.3. The van der Waals surface area contributed by atoms with E-state index < -0.39 is 21.8 Å². The van der Waals surface area contributed by atoms with Gasteiger partial charge in [0.1, 0.15) is 5.82 Å². The molecule has 0 atom stereocenters. The van der Waals surface area contributed by atoms with E-state index >= 15 is 0 Å². The Labute approximate surface area is 115 Å². The third-order valence-corrected chi connectivity index (χ3v) is 3.78. The third-order valence-electron chi connectivity index (χ3n) is 3.78. The predicted octanol–water partition coefficient (Wildman–Crippen LogP) is 2.19. The van der Waals surface area contributed by atoms with Gasteiger partial charge in [-0.05, 0) is 18.9 Å².